The highest BCUT2D eigenvalue weighted by Gasteiger charge is 2.04. The third-order valence-electron chi connectivity index (χ3n) is 1.32. The summed E-state index contributed by atoms with van der Waals surface area (Å²) in [5.41, 5.74) is 0. The Kier molecular flexibility index (Phi) is 5.37. The van der Waals surface area contributed by atoms with Crippen LogP contribution in [-0.2, 0) is 4.79 Å². The fourth-order valence-electron chi connectivity index (χ4n) is 0.627. The van der Waals surface area contributed by atoms with E-state index in [1.165, 1.54) is 4.90 Å². The molecule has 0 bridgehead atoms. The second-order valence-corrected chi connectivity index (χ2v) is 3.68. The van der Waals surface area contributed by atoms with E-state index >= 15 is 0 Å². The van der Waals surface area contributed by atoms with Crippen LogP contribution in [0, 0.1) is 0 Å². The zero-order valence-corrected chi connectivity index (χ0v) is 9.36. The molecule has 0 aromatic heterocycles. The number of hydrogen-bond acceptors (Lipinski definition) is 2. The number of nitrogens with one attached hydrogen (secondary N) is 2. The molecule has 0 aromatic carbocycles. The van der Waals surface area contributed by atoms with Gasteiger partial charge in [0, 0.05) is 20.1 Å². The van der Waals surface area contributed by atoms with Gasteiger partial charge >= 0.3 is 0 Å². The van der Waals surface area contributed by atoms with Gasteiger partial charge in [-0.2, -0.15) is 0 Å². The molecule has 0 heterocycles. The van der Waals surface area contributed by atoms with Crippen molar-refractivity contribution >= 4 is 23.2 Å². The minimum absolute atomic E-state index is 0.00732. The van der Waals surface area contributed by atoms with Crippen LogP contribution in [0.1, 0.15) is 13.8 Å². The van der Waals surface area contributed by atoms with E-state index < -0.39 is 0 Å². The van der Waals surface area contributed by atoms with Crippen LogP contribution in [0.15, 0.2) is 0 Å². The number of likely N-dealkylation sites (N-methyl/N-ethyl adjacent to an activating group) is 1. The van der Waals surface area contributed by atoms with E-state index in [-0.39, 0.29) is 18.5 Å². The maximum atomic E-state index is 11.1. The number of carbonyl (C=O) groups excluding carboxylic acids is 1. The average Bonchev–Trinajstić information content (AvgIpc) is 1.98. The Balaban J connectivity index is 3.64. The molecule has 0 unspecified atom stereocenters. The highest BCUT2D eigenvalue weighted by Crippen LogP contribution is 1.79. The molecule has 0 rings (SSSR count). The predicted octanol–water partition coefficient (Wildman–Crippen LogP) is -0.0529. The molecule has 0 aliphatic carbocycles. The summed E-state index contributed by atoms with van der Waals surface area (Å²) in [4.78, 5) is 12.6. The Hall–Kier alpha value is -0.840. The fourth-order valence-corrected chi connectivity index (χ4v) is 0.935. The van der Waals surface area contributed by atoms with Crippen molar-refractivity contribution in [1.29, 1.82) is 0 Å². The molecule has 0 aromatic rings. The summed E-state index contributed by atoms with van der Waals surface area (Å²) in [5.74, 6) is 0.00732. The molecule has 5 heteroatoms. The van der Waals surface area contributed by atoms with Gasteiger partial charge in [0.15, 0.2) is 5.11 Å². The normalized spacial score (nSPS) is 9.62. The molecular formula is C8H17N3OS. The van der Waals surface area contributed by atoms with Crippen LogP contribution in [0.4, 0.5) is 0 Å². The number of nitrogens with zero attached hydrogens (tertiary/aromatic N) is 1. The summed E-state index contributed by atoms with van der Waals surface area (Å²) in [6.45, 7) is 4.22. The lowest BCUT2D eigenvalue weighted by molar-refractivity contribution is -0.127. The van der Waals surface area contributed by atoms with Gasteiger partial charge in [-0.05, 0) is 26.1 Å². The molecule has 0 aliphatic rings. The van der Waals surface area contributed by atoms with Gasteiger partial charge in [0.2, 0.25) is 5.91 Å². The van der Waals surface area contributed by atoms with Crippen LogP contribution < -0.4 is 10.6 Å². The lowest BCUT2D eigenvalue weighted by Crippen LogP contribution is -2.43. The second-order valence-electron chi connectivity index (χ2n) is 3.27. The number of carbonyl (C=O) groups is 1. The SMILES string of the molecule is CC(C)NC(=S)NCC(=O)N(C)C. The minimum Gasteiger partial charge on any atom is -0.361 e. The highest BCUT2D eigenvalue weighted by molar-refractivity contribution is 7.80. The Morgan fingerprint density at radius 3 is 2.38 bits per heavy atom. The summed E-state index contributed by atoms with van der Waals surface area (Å²) in [6.07, 6.45) is 0. The second kappa shape index (κ2) is 5.75. The van der Waals surface area contributed by atoms with Crippen molar-refractivity contribution in [1.82, 2.24) is 15.5 Å². The van der Waals surface area contributed by atoms with Crippen molar-refractivity contribution < 1.29 is 4.79 Å². The summed E-state index contributed by atoms with van der Waals surface area (Å²) in [6, 6.07) is 0.287. The molecule has 2 N–H and O–H groups in total. The Morgan fingerprint density at radius 2 is 2.00 bits per heavy atom. The van der Waals surface area contributed by atoms with E-state index in [0.29, 0.717) is 5.11 Å². The summed E-state index contributed by atoms with van der Waals surface area (Å²) < 4.78 is 0. The van der Waals surface area contributed by atoms with Gasteiger partial charge in [0.25, 0.3) is 0 Å². The van der Waals surface area contributed by atoms with Crippen LogP contribution in [-0.4, -0.2) is 42.6 Å². The van der Waals surface area contributed by atoms with Crippen LogP contribution in [0.5, 0.6) is 0 Å². The van der Waals surface area contributed by atoms with Crippen LogP contribution in [0.3, 0.4) is 0 Å². The lowest BCUT2D eigenvalue weighted by atomic mass is 10.4. The zero-order valence-electron chi connectivity index (χ0n) is 8.55. The molecule has 4 nitrogen and oxygen atoms in total. The molecule has 0 spiro atoms. The summed E-state index contributed by atoms with van der Waals surface area (Å²) >= 11 is 4.94. The topological polar surface area (TPSA) is 44.4 Å². The van der Waals surface area contributed by atoms with Gasteiger partial charge in [-0.15, -0.1) is 0 Å². The molecule has 0 radical (unpaired) electrons. The van der Waals surface area contributed by atoms with Crippen molar-refractivity contribution in [2.75, 3.05) is 20.6 Å². The van der Waals surface area contributed by atoms with Crippen LogP contribution >= 0.6 is 12.2 Å². The van der Waals surface area contributed by atoms with Crippen molar-refractivity contribution in [2.24, 2.45) is 0 Å². The van der Waals surface area contributed by atoms with Crippen molar-refractivity contribution in [3.8, 4) is 0 Å². The average molecular weight is 203 g/mol. The molecule has 0 saturated carbocycles. The number of amides is 1. The largest absolute Gasteiger partial charge is 0.361 e. The molecule has 0 atom stereocenters. The van der Waals surface area contributed by atoms with Gasteiger partial charge < -0.3 is 15.5 Å². The van der Waals surface area contributed by atoms with E-state index in [2.05, 4.69) is 10.6 Å². The van der Waals surface area contributed by atoms with E-state index in [4.69, 9.17) is 12.2 Å². The minimum atomic E-state index is 0.00732. The third-order valence-corrected chi connectivity index (χ3v) is 1.58. The molecule has 13 heavy (non-hydrogen) atoms. The van der Waals surface area contributed by atoms with E-state index in [0.717, 1.165) is 0 Å². The van der Waals surface area contributed by atoms with Gasteiger partial charge in [-0.25, -0.2) is 0 Å². The standard InChI is InChI=1S/C8H17N3OS/c1-6(2)10-8(13)9-5-7(12)11(3)4/h6H,5H2,1-4H3,(H2,9,10,13). The maximum absolute atomic E-state index is 11.1. The Bertz CT molecular complexity index is 192. The van der Waals surface area contributed by atoms with Crippen molar-refractivity contribution in [3.63, 3.8) is 0 Å². The van der Waals surface area contributed by atoms with E-state index in [1.54, 1.807) is 14.1 Å². The van der Waals surface area contributed by atoms with Crippen LogP contribution in [0.25, 0.3) is 0 Å². The van der Waals surface area contributed by atoms with Gasteiger partial charge in [-0.3, -0.25) is 4.79 Å². The van der Waals surface area contributed by atoms with Crippen LogP contribution in [0.2, 0.25) is 0 Å². The molecule has 0 fully saturated rings. The molecule has 0 aliphatic heterocycles. The Labute approximate surface area is 84.7 Å². The quantitative estimate of drug-likeness (QED) is 0.631. The summed E-state index contributed by atoms with van der Waals surface area (Å²) in [7, 11) is 3.42. The lowest BCUT2D eigenvalue weighted by Gasteiger charge is -2.14. The molecular weight excluding hydrogens is 186 g/mol. The van der Waals surface area contributed by atoms with E-state index in [1.807, 2.05) is 13.8 Å². The molecule has 76 valence electrons. The van der Waals surface area contributed by atoms with E-state index in [9.17, 15) is 4.79 Å². The first-order chi connectivity index (χ1) is 5.93. The monoisotopic (exact) mass is 203 g/mol. The number of thiocarbonyl (C=S) groups is 1. The Morgan fingerprint density at radius 1 is 1.46 bits per heavy atom. The van der Waals surface area contributed by atoms with Crippen molar-refractivity contribution in [3.05, 3.63) is 0 Å². The van der Waals surface area contributed by atoms with Crippen molar-refractivity contribution in [2.45, 2.75) is 19.9 Å². The third kappa shape index (κ3) is 6.33. The zero-order chi connectivity index (χ0) is 10.4. The maximum Gasteiger partial charge on any atom is 0.241 e. The first kappa shape index (κ1) is 12.2. The molecule has 1 amide bonds. The molecule has 0 saturated heterocycles. The first-order valence-electron chi connectivity index (χ1n) is 4.18. The number of hydrogen-bond donors (Lipinski definition) is 2. The first-order valence-corrected chi connectivity index (χ1v) is 4.59. The van der Waals surface area contributed by atoms with Gasteiger partial charge in [0.05, 0.1) is 6.54 Å². The predicted molar refractivity (Wildman–Crippen MR) is 57.6 cm³/mol. The smallest absolute Gasteiger partial charge is 0.241 e. The van der Waals surface area contributed by atoms with Gasteiger partial charge in [0.1, 0.15) is 0 Å². The highest BCUT2D eigenvalue weighted by atomic mass is 32.1. The fraction of sp³-hybridized carbons (Fsp3) is 0.750. The summed E-state index contributed by atoms with van der Waals surface area (Å²) in [5, 5.41) is 6.33. The van der Waals surface area contributed by atoms with Gasteiger partial charge in [-0.1, -0.05) is 0 Å². The number of rotatable bonds is 3.